The highest BCUT2D eigenvalue weighted by molar-refractivity contribution is 4.50. The largest absolute Gasteiger partial charge is 0.379 e. The van der Waals surface area contributed by atoms with Gasteiger partial charge in [-0.15, -0.1) is 0 Å². The molecule has 1 atom stereocenters. The summed E-state index contributed by atoms with van der Waals surface area (Å²) in [6, 6.07) is 0. The number of ether oxygens (including phenoxy) is 1. The van der Waals surface area contributed by atoms with E-state index in [2.05, 4.69) is 13.8 Å². The third-order valence-electron chi connectivity index (χ3n) is 2.15. The number of unbranched alkanes of at least 4 members (excludes halogenated alkanes) is 6. The molecular formula is C12H25O. The van der Waals surface area contributed by atoms with Gasteiger partial charge in [-0.2, -0.15) is 0 Å². The van der Waals surface area contributed by atoms with Crippen molar-refractivity contribution in [2.45, 2.75) is 64.9 Å². The summed E-state index contributed by atoms with van der Waals surface area (Å²) in [5.74, 6) is 0. The van der Waals surface area contributed by atoms with Crippen LogP contribution >= 0.6 is 0 Å². The molecule has 1 heteroatoms. The highest BCUT2D eigenvalue weighted by Gasteiger charge is 1.93. The molecule has 0 fully saturated rings. The van der Waals surface area contributed by atoms with Crippen LogP contribution in [0.2, 0.25) is 0 Å². The maximum atomic E-state index is 5.36. The minimum absolute atomic E-state index is 0.153. The first kappa shape index (κ1) is 13.0. The zero-order valence-electron chi connectivity index (χ0n) is 9.35. The minimum atomic E-state index is 0.153. The van der Waals surface area contributed by atoms with E-state index >= 15 is 0 Å². The Morgan fingerprint density at radius 2 is 1.54 bits per heavy atom. The van der Waals surface area contributed by atoms with Crippen LogP contribution in [0.1, 0.15) is 58.8 Å². The third kappa shape index (κ3) is 12.0. The van der Waals surface area contributed by atoms with Gasteiger partial charge in [-0.1, -0.05) is 45.4 Å². The second kappa shape index (κ2) is 10.0. The van der Waals surface area contributed by atoms with Gasteiger partial charge in [-0.3, -0.25) is 0 Å². The van der Waals surface area contributed by atoms with Crippen LogP contribution in [-0.2, 0) is 4.74 Å². The predicted octanol–water partition coefficient (Wildman–Crippen LogP) is 3.98. The zero-order valence-corrected chi connectivity index (χ0v) is 9.35. The Bertz CT molecular complexity index is 89.1. The van der Waals surface area contributed by atoms with Gasteiger partial charge in [0.1, 0.15) is 0 Å². The lowest BCUT2D eigenvalue weighted by Gasteiger charge is -2.06. The molecule has 13 heavy (non-hydrogen) atoms. The highest BCUT2D eigenvalue weighted by atomic mass is 16.5. The van der Waals surface area contributed by atoms with E-state index in [-0.39, 0.29) is 6.10 Å². The van der Waals surface area contributed by atoms with Crippen LogP contribution in [0.25, 0.3) is 0 Å². The van der Waals surface area contributed by atoms with Gasteiger partial charge in [0.05, 0.1) is 6.10 Å². The second-order valence-corrected chi connectivity index (χ2v) is 3.80. The molecule has 1 nitrogen and oxygen atoms in total. The molecule has 79 valence electrons. The highest BCUT2D eigenvalue weighted by Crippen LogP contribution is 2.07. The maximum absolute atomic E-state index is 5.36. The summed E-state index contributed by atoms with van der Waals surface area (Å²) in [5, 5.41) is 0. The minimum Gasteiger partial charge on any atom is -0.379 e. The molecule has 0 aliphatic carbocycles. The van der Waals surface area contributed by atoms with Crippen LogP contribution in [0, 0.1) is 6.92 Å². The average Bonchev–Trinajstić information content (AvgIpc) is 2.09. The molecule has 0 aliphatic rings. The Labute approximate surface area is 83.9 Å². The lowest BCUT2D eigenvalue weighted by molar-refractivity contribution is 0.0921. The Kier molecular flexibility index (Phi) is 10.0. The molecule has 0 aromatic rings. The van der Waals surface area contributed by atoms with Gasteiger partial charge < -0.3 is 4.74 Å². The molecule has 0 aromatic heterocycles. The third-order valence-corrected chi connectivity index (χ3v) is 2.15. The smallest absolute Gasteiger partial charge is 0.0547 e. The first-order valence-electron chi connectivity index (χ1n) is 5.72. The van der Waals surface area contributed by atoms with E-state index in [0.717, 1.165) is 6.61 Å². The van der Waals surface area contributed by atoms with Crippen LogP contribution < -0.4 is 0 Å². The second-order valence-electron chi connectivity index (χ2n) is 3.80. The standard InChI is InChI=1S/C12H25O/c1-4-5-6-7-8-9-10-11-13-12(2)3/h12H,2,4-11H2,1,3H3. The molecule has 0 rings (SSSR count). The van der Waals surface area contributed by atoms with Crippen molar-refractivity contribution in [2.75, 3.05) is 6.61 Å². The van der Waals surface area contributed by atoms with E-state index in [1.54, 1.807) is 0 Å². The van der Waals surface area contributed by atoms with Crippen molar-refractivity contribution in [2.24, 2.45) is 0 Å². The van der Waals surface area contributed by atoms with E-state index in [1.807, 2.05) is 6.92 Å². The fourth-order valence-electron chi connectivity index (χ4n) is 1.34. The van der Waals surface area contributed by atoms with Crippen molar-refractivity contribution < 1.29 is 4.74 Å². The molecule has 0 amide bonds. The van der Waals surface area contributed by atoms with Crippen molar-refractivity contribution in [1.29, 1.82) is 0 Å². The quantitative estimate of drug-likeness (QED) is 0.494. The molecule has 1 unspecified atom stereocenters. The molecule has 0 N–H and O–H groups in total. The first-order chi connectivity index (χ1) is 6.27. The summed E-state index contributed by atoms with van der Waals surface area (Å²) in [5.41, 5.74) is 0. The van der Waals surface area contributed by atoms with Gasteiger partial charge in [-0.05, 0) is 20.3 Å². The maximum Gasteiger partial charge on any atom is 0.0547 e. The van der Waals surface area contributed by atoms with Crippen LogP contribution in [-0.4, -0.2) is 12.7 Å². The molecule has 0 aliphatic heterocycles. The molecular weight excluding hydrogens is 160 g/mol. The van der Waals surface area contributed by atoms with Crippen molar-refractivity contribution in [3.8, 4) is 0 Å². The number of rotatable bonds is 9. The van der Waals surface area contributed by atoms with Crippen LogP contribution in [0.3, 0.4) is 0 Å². The molecule has 1 radical (unpaired) electrons. The summed E-state index contributed by atoms with van der Waals surface area (Å²) in [4.78, 5) is 0. The average molecular weight is 185 g/mol. The van der Waals surface area contributed by atoms with Gasteiger partial charge in [-0.25, -0.2) is 0 Å². The molecule has 0 heterocycles. The Morgan fingerprint density at radius 3 is 2.08 bits per heavy atom. The van der Waals surface area contributed by atoms with Gasteiger partial charge in [0, 0.05) is 6.61 Å². The topological polar surface area (TPSA) is 9.23 Å². The molecule has 0 bridgehead atoms. The number of hydrogen-bond donors (Lipinski definition) is 0. The molecule has 0 saturated heterocycles. The lowest BCUT2D eigenvalue weighted by Crippen LogP contribution is -2.03. The predicted molar refractivity (Wildman–Crippen MR) is 58.8 cm³/mol. The van der Waals surface area contributed by atoms with Gasteiger partial charge in [0.25, 0.3) is 0 Å². The van der Waals surface area contributed by atoms with E-state index < -0.39 is 0 Å². The first-order valence-corrected chi connectivity index (χ1v) is 5.72. The summed E-state index contributed by atoms with van der Waals surface area (Å²) in [6.45, 7) is 8.90. The van der Waals surface area contributed by atoms with E-state index in [4.69, 9.17) is 4.74 Å². The summed E-state index contributed by atoms with van der Waals surface area (Å²) in [7, 11) is 0. The Balaban J connectivity index is 2.84. The van der Waals surface area contributed by atoms with E-state index in [9.17, 15) is 0 Å². The van der Waals surface area contributed by atoms with E-state index in [0.29, 0.717) is 0 Å². The number of hydrogen-bond acceptors (Lipinski definition) is 1. The normalized spacial score (nSPS) is 11.1. The van der Waals surface area contributed by atoms with Crippen molar-refractivity contribution in [3.05, 3.63) is 6.92 Å². The summed E-state index contributed by atoms with van der Waals surface area (Å²) in [6.07, 6.45) is 9.57. The zero-order chi connectivity index (χ0) is 9.94. The van der Waals surface area contributed by atoms with Crippen LogP contribution in [0.4, 0.5) is 0 Å². The fraction of sp³-hybridized carbons (Fsp3) is 0.917. The molecule has 0 spiro atoms. The van der Waals surface area contributed by atoms with Crippen LogP contribution in [0.5, 0.6) is 0 Å². The van der Waals surface area contributed by atoms with Gasteiger partial charge in [0.2, 0.25) is 0 Å². The summed E-state index contributed by atoms with van der Waals surface area (Å²) < 4.78 is 5.36. The SMILES string of the molecule is [CH2]C(C)OCCCCCCCCC. The van der Waals surface area contributed by atoms with Gasteiger partial charge >= 0.3 is 0 Å². The van der Waals surface area contributed by atoms with Crippen molar-refractivity contribution in [3.63, 3.8) is 0 Å². The van der Waals surface area contributed by atoms with Crippen molar-refractivity contribution in [1.82, 2.24) is 0 Å². The van der Waals surface area contributed by atoms with E-state index in [1.165, 1.54) is 44.9 Å². The van der Waals surface area contributed by atoms with Crippen molar-refractivity contribution >= 4 is 0 Å². The lowest BCUT2D eigenvalue weighted by atomic mass is 10.1. The van der Waals surface area contributed by atoms with Crippen LogP contribution in [0.15, 0.2) is 0 Å². The monoisotopic (exact) mass is 185 g/mol. The molecule has 0 aromatic carbocycles. The Morgan fingerprint density at radius 1 is 1.00 bits per heavy atom. The summed E-state index contributed by atoms with van der Waals surface area (Å²) >= 11 is 0. The molecule has 0 saturated carbocycles. The van der Waals surface area contributed by atoms with Gasteiger partial charge in [0.15, 0.2) is 0 Å². The fourth-order valence-corrected chi connectivity index (χ4v) is 1.34. The Hall–Kier alpha value is -0.0400.